The van der Waals surface area contributed by atoms with Gasteiger partial charge in [0.1, 0.15) is 0 Å². The Bertz CT molecular complexity index is 542. The lowest BCUT2D eigenvalue weighted by molar-refractivity contribution is 0.0936. The van der Waals surface area contributed by atoms with Gasteiger partial charge in [-0.1, -0.05) is 50.2 Å². The van der Waals surface area contributed by atoms with Crippen LogP contribution in [0.25, 0.3) is 0 Å². The predicted molar refractivity (Wildman–Crippen MR) is 85.8 cm³/mol. The van der Waals surface area contributed by atoms with Crippen LogP contribution in [0.3, 0.4) is 0 Å². The zero-order valence-electron chi connectivity index (χ0n) is 12.7. The van der Waals surface area contributed by atoms with E-state index in [9.17, 15) is 4.79 Å². The highest BCUT2D eigenvalue weighted by atomic mass is 16.1. The van der Waals surface area contributed by atoms with E-state index in [1.165, 1.54) is 25.7 Å². The summed E-state index contributed by atoms with van der Waals surface area (Å²) in [6, 6.07) is 7.44. The van der Waals surface area contributed by atoms with Crippen molar-refractivity contribution in [2.75, 3.05) is 13.1 Å². The molecule has 0 spiro atoms. The SMILES string of the molecule is CC1CCCCC1CNC(=O)c1ccccc1C#CCN. The van der Waals surface area contributed by atoms with E-state index in [0.29, 0.717) is 23.9 Å². The lowest BCUT2D eigenvalue weighted by Crippen LogP contribution is -2.33. The molecule has 3 heteroatoms. The largest absolute Gasteiger partial charge is 0.352 e. The van der Waals surface area contributed by atoms with Gasteiger partial charge in [0.2, 0.25) is 0 Å². The second-order valence-corrected chi connectivity index (χ2v) is 5.78. The van der Waals surface area contributed by atoms with E-state index in [1.807, 2.05) is 24.3 Å². The fraction of sp³-hybridized carbons (Fsp3) is 0.500. The highest BCUT2D eigenvalue weighted by Crippen LogP contribution is 2.28. The summed E-state index contributed by atoms with van der Waals surface area (Å²) in [6.07, 6.45) is 5.10. The molecule has 112 valence electrons. The Kier molecular flexibility index (Phi) is 5.83. The van der Waals surface area contributed by atoms with Gasteiger partial charge in [0.15, 0.2) is 0 Å². The first-order valence-electron chi connectivity index (χ1n) is 7.78. The Balaban J connectivity index is 2.00. The highest BCUT2D eigenvalue weighted by molar-refractivity contribution is 5.96. The van der Waals surface area contributed by atoms with Crippen molar-refractivity contribution >= 4 is 5.91 Å². The average Bonchev–Trinajstić information content (AvgIpc) is 2.52. The van der Waals surface area contributed by atoms with Gasteiger partial charge in [0.05, 0.1) is 12.1 Å². The topological polar surface area (TPSA) is 55.1 Å². The molecule has 1 aromatic carbocycles. The molecule has 3 nitrogen and oxygen atoms in total. The van der Waals surface area contributed by atoms with E-state index in [2.05, 4.69) is 24.1 Å². The fourth-order valence-corrected chi connectivity index (χ4v) is 2.95. The Morgan fingerprint density at radius 1 is 1.33 bits per heavy atom. The molecule has 3 N–H and O–H groups in total. The van der Waals surface area contributed by atoms with Crippen molar-refractivity contribution in [3.05, 3.63) is 35.4 Å². The maximum Gasteiger partial charge on any atom is 0.252 e. The normalized spacial score (nSPS) is 21.2. The van der Waals surface area contributed by atoms with Crippen molar-refractivity contribution < 1.29 is 4.79 Å². The first-order valence-corrected chi connectivity index (χ1v) is 7.78. The molecule has 0 saturated heterocycles. The number of hydrogen-bond acceptors (Lipinski definition) is 2. The number of carbonyl (C=O) groups excluding carboxylic acids is 1. The molecule has 1 aliphatic rings. The average molecular weight is 284 g/mol. The minimum absolute atomic E-state index is 0.0327. The molecule has 0 bridgehead atoms. The third-order valence-corrected chi connectivity index (χ3v) is 4.31. The zero-order valence-corrected chi connectivity index (χ0v) is 12.7. The molecule has 2 atom stereocenters. The van der Waals surface area contributed by atoms with Gasteiger partial charge in [-0.05, 0) is 30.4 Å². The highest BCUT2D eigenvalue weighted by Gasteiger charge is 2.22. The van der Waals surface area contributed by atoms with Crippen LogP contribution in [0.15, 0.2) is 24.3 Å². The molecule has 1 amide bonds. The number of amides is 1. The molecule has 0 aromatic heterocycles. The molecule has 2 unspecified atom stereocenters. The minimum atomic E-state index is -0.0327. The molecule has 1 saturated carbocycles. The van der Waals surface area contributed by atoms with Gasteiger partial charge >= 0.3 is 0 Å². The van der Waals surface area contributed by atoms with Gasteiger partial charge in [0.25, 0.3) is 5.91 Å². The maximum atomic E-state index is 12.4. The molecule has 0 radical (unpaired) electrons. The van der Waals surface area contributed by atoms with E-state index < -0.39 is 0 Å². The summed E-state index contributed by atoms with van der Waals surface area (Å²) < 4.78 is 0. The second-order valence-electron chi connectivity index (χ2n) is 5.78. The van der Waals surface area contributed by atoms with E-state index >= 15 is 0 Å². The van der Waals surface area contributed by atoms with Crippen LogP contribution in [0.1, 0.15) is 48.5 Å². The molecule has 1 aliphatic carbocycles. The molecule has 1 aromatic rings. The molecular weight excluding hydrogens is 260 g/mol. The van der Waals surface area contributed by atoms with Crippen LogP contribution < -0.4 is 11.1 Å². The van der Waals surface area contributed by atoms with Crippen LogP contribution in [0.5, 0.6) is 0 Å². The Morgan fingerprint density at radius 3 is 2.86 bits per heavy atom. The maximum absolute atomic E-state index is 12.4. The lowest BCUT2D eigenvalue weighted by Gasteiger charge is -2.28. The van der Waals surface area contributed by atoms with Crippen molar-refractivity contribution in [1.29, 1.82) is 0 Å². The van der Waals surface area contributed by atoms with Gasteiger partial charge in [-0.15, -0.1) is 0 Å². The third-order valence-electron chi connectivity index (χ3n) is 4.31. The number of rotatable bonds is 3. The van der Waals surface area contributed by atoms with Crippen molar-refractivity contribution in [2.45, 2.75) is 32.6 Å². The number of hydrogen-bond donors (Lipinski definition) is 2. The zero-order chi connectivity index (χ0) is 15.1. The number of nitrogens with two attached hydrogens (primary N) is 1. The van der Waals surface area contributed by atoms with Crippen molar-refractivity contribution in [3.8, 4) is 11.8 Å². The molecule has 0 heterocycles. The lowest BCUT2D eigenvalue weighted by atomic mass is 9.80. The Morgan fingerprint density at radius 2 is 2.10 bits per heavy atom. The van der Waals surface area contributed by atoms with Gasteiger partial charge in [-0.3, -0.25) is 4.79 Å². The predicted octanol–water partition coefficient (Wildman–Crippen LogP) is 2.55. The molecule has 2 rings (SSSR count). The Hall–Kier alpha value is -1.79. The summed E-state index contributed by atoms with van der Waals surface area (Å²) in [5.41, 5.74) is 6.79. The van der Waals surface area contributed by atoms with Crippen LogP contribution in [-0.2, 0) is 0 Å². The molecule has 1 fully saturated rings. The minimum Gasteiger partial charge on any atom is -0.352 e. The summed E-state index contributed by atoms with van der Waals surface area (Å²) in [7, 11) is 0. The van der Waals surface area contributed by atoms with E-state index in [-0.39, 0.29) is 5.91 Å². The third kappa shape index (κ3) is 4.34. The second kappa shape index (κ2) is 7.85. The van der Waals surface area contributed by atoms with Crippen LogP contribution >= 0.6 is 0 Å². The van der Waals surface area contributed by atoms with Gasteiger partial charge in [-0.25, -0.2) is 0 Å². The first kappa shape index (κ1) is 15.6. The summed E-state index contributed by atoms with van der Waals surface area (Å²) in [5.74, 6) is 7.04. The molecular formula is C18H24N2O. The van der Waals surface area contributed by atoms with Crippen molar-refractivity contribution in [1.82, 2.24) is 5.32 Å². The van der Waals surface area contributed by atoms with Gasteiger partial charge < -0.3 is 11.1 Å². The summed E-state index contributed by atoms with van der Waals surface area (Å²) >= 11 is 0. The van der Waals surface area contributed by atoms with E-state index in [1.54, 1.807) is 0 Å². The summed E-state index contributed by atoms with van der Waals surface area (Å²) in [5, 5.41) is 3.08. The van der Waals surface area contributed by atoms with E-state index in [0.717, 1.165) is 12.1 Å². The Labute approximate surface area is 127 Å². The van der Waals surface area contributed by atoms with Gasteiger partial charge in [0, 0.05) is 12.1 Å². The van der Waals surface area contributed by atoms with Crippen molar-refractivity contribution in [3.63, 3.8) is 0 Å². The smallest absolute Gasteiger partial charge is 0.252 e. The monoisotopic (exact) mass is 284 g/mol. The van der Waals surface area contributed by atoms with Crippen LogP contribution in [0, 0.1) is 23.7 Å². The van der Waals surface area contributed by atoms with E-state index in [4.69, 9.17) is 5.73 Å². The number of nitrogens with one attached hydrogen (secondary N) is 1. The first-order chi connectivity index (χ1) is 10.2. The van der Waals surface area contributed by atoms with Crippen LogP contribution in [-0.4, -0.2) is 19.0 Å². The van der Waals surface area contributed by atoms with Crippen molar-refractivity contribution in [2.24, 2.45) is 17.6 Å². The standard InChI is InChI=1S/C18H24N2O/c1-14-7-2-3-9-16(14)13-20-18(21)17-11-5-4-8-15(17)10-6-12-19/h4-5,8,11,14,16H,2-3,7,9,12-13,19H2,1H3,(H,20,21). The number of benzene rings is 1. The van der Waals surface area contributed by atoms with Gasteiger partial charge in [-0.2, -0.15) is 0 Å². The summed E-state index contributed by atoms with van der Waals surface area (Å²) in [6.45, 7) is 3.35. The molecule has 21 heavy (non-hydrogen) atoms. The number of carbonyl (C=O) groups is 1. The fourth-order valence-electron chi connectivity index (χ4n) is 2.95. The van der Waals surface area contributed by atoms with Crippen LogP contribution in [0.2, 0.25) is 0 Å². The molecule has 0 aliphatic heterocycles. The quantitative estimate of drug-likeness (QED) is 0.838. The summed E-state index contributed by atoms with van der Waals surface area (Å²) in [4.78, 5) is 12.4. The van der Waals surface area contributed by atoms with Crippen LogP contribution in [0.4, 0.5) is 0 Å².